The number of halogens is 1. The molecule has 0 aliphatic carbocycles. The summed E-state index contributed by atoms with van der Waals surface area (Å²) in [5.74, 6) is -0.749. The van der Waals surface area contributed by atoms with Crippen LogP contribution in [-0.4, -0.2) is 42.7 Å². The average Bonchev–Trinajstić information content (AvgIpc) is 2.66. The quantitative estimate of drug-likeness (QED) is 0.543. The molecule has 0 amide bonds. The topological polar surface area (TPSA) is 84.9 Å². The minimum atomic E-state index is -1.63. The number of Topliss-reactive ketones (excluding diaryl/α,β-unsaturated/α-hetero) is 1. The van der Waals surface area contributed by atoms with Crippen LogP contribution in [0.5, 0.6) is 5.75 Å². The number of anilines is 1. The SMILES string of the molecule is CCOC(=O)C(Nc1ccc(Cl)cc1)C(O)C(=O)c1ccc(OC)cc1. The molecule has 0 bridgehead atoms. The first-order valence-electron chi connectivity index (χ1n) is 8.01. The largest absolute Gasteiger partial charge is 0.497 e. The van der Waals surface area contributed by atoms with Crippen molar-refractivity contribution in [3.8, 4) is 5.75 Å². The number of methoxy groups -OCH3 is 1. The molecule has 2 N–H and O–H groups in total. The smallest absolute Gasteiger partial charge is 0.331 e. The highest BCUT2D eigenvalue weighted by molar-refractivity contribution is 6.30. The van der Waals surface area contributed by atoms with Gasteiger partial charge in [-0.3, -0.25) is 4.79 Å². The van der Waals surface area contributed by atoms with Gasteiger partial charge in [0.05, 0.1) is 13.7 Å². The fourth-order valence-electron chi connectivity index (χ4n) is 2.30. The number of esters is 1. The van der Waals surface area contributed by atoms with Gasteiger partial charge in [0.25, 0.3) is 0 Å². The van der Waals surface area contributed by atoms with Gasteiger partial charge in [-0.1, -0.05) is 11.6 Å². The molecule has 0 saturated heterocycles. The Kier molecular flexibility index (Phi) is 7.00. The minimum Gasteiger partial charge on any atom is -0.497 e. The van der Waals surface area contributed by atoms with E-state index in [0.717, 1.165) is 0 Å². The Labute approximate surface area is 156 Å². The van der Waals surface area contributed by atoms with E-state index in [2.05, 4.69) is 5.32 Å². The highest BCUT2D eigenvalue weighted by Gasteiger charge is 2.34. The zero-order valence-electron chi connectivity index (χ0n) is 14.4. The number of ether oxygens (including phenoxy) is 2. The van der Waals surface area contributed by atoms with Gasteiger partial charge in [0, 0.05) is 16.3 Å². The van der Waals surface area contributed by atoms with E-state index in [-0.39, 0.29) is 12.2 Å². The van der Waals surface area contributed by atoms with Gasteiger partial charge in [0.2, 0.25) is 0 Å². The summed E-state index contributed by atoms with van der Waals surface area (Å²) in [7, 11) is 1.51. The molecule has 2 aromatic carbocycles. The van der Waals surface area contributed by atoms with Crippen molar-refractivity contribution in [2.75, 3.05) is 19.0 Å². The van der Waals surface area contributed by atoms with Crippen molar-refractivity contribution in [3.05, 3.63) is 59.1 Å². The summed E-state index contributed by atoms with van der Waals surface area (Å²) in [6.45, 7) is 1.77. The van der Waals surface area contributed by atoms with Crippen LogP contribution in [0.25, 0.3) is 0 Å². The van der Waals surface area contributed by atoms with Crippen LogP contribution < -0.4 is 10.1 Å². The minimum absolute atomic E-state index is 0.126. The number of aliphatic hydroxyl groups excluding tert-OH is 1. The van der Waals surface area contributed by atoms with Crippen LogP contribution >= 0.6 is 11.6 Å². The van der Waals surface area contributed by atoms with E-state index in [1.807, 2.05) is 0 Å². The summed E-state index contributed by atoms with van der Waals surface area (Å²) in [4.78, 5) is 24.8. The van der Waals surface area contributed by atoms with Crippen LogP contribution in [0.4, 0.5) is 5.69 Å². The molecule has 0 aliphatic rings. The molecule has 6 nitrogen and oxygen atoms in total. The summed E-state index contributed by atoms with van der Waals surface area (Å²) >= 11 is 5.85. The first-order valence-corrected chi connectivity index (χ1v) is 8.39. The first-order chi connectivity index (χ1) is 12.5. The maximum absolute atomic E-state index is 12.6. The fourth-order valence-corrected chi connectivity index (χ4v) is 2.43. The zero-order chi connectivity index (χ0) is 19.1. The van der Waals surface area contributed by atoms with Gasteiger partial charge in [-0.15, -0.1) is 0 Å². The third-order valence-electron chi connectivity index (χ3n) is 3.67. The van der Waals surface area contributed by atoms with Crippen molar-refractivity contribution in [2.45, 2.75) is 19.1 Å². The van der Waals surface area contributed by atoms with E-state index >= 15 is 0 Å². The second kappa shape index (κ2) is 9.22. The summed E-state index contributed by atoms with van der Waals surface area (Å²) < 4.78 is 10.0. The van der Waals surface area contributed by atoms with E-state index in [4.69, 9.17) is 21.1 Å². The van der Waals surface area contributed by atoms with Crippen LogP contribution in [0, 0.1) is 0 Å². The van der Waals surface area contributed by atoms with Crippen molar-refractivity contribution in [2.24, 2.45) is 0 Å². The molecule has 0 aromatic heterocycles. The van der Waals surface area contributed by atoms with Gasteiger partial charge in [-0.25, -0.2) is 4.79 Å². The Morgan fingerprint density at radius 1 is 1.12 bits per heavy atom. The Bertz CT molecular complexity index is 746. The molecule has 0 fully saturated rings. The van der Waals surface area contributed by atoms with Crippen LogP contribution in [0.1, 0.15) is 17.3 Å². The lowest BCUT2D eigenvalue weighted by molar-refractivity contribution is -0.145. The fraction of sp³-hybridized carbons (Fsp3) is 0.263. The predicted molar refractivity (Wildman–Crippen MR) is 98.8 cm³/mol. The molecule has 0 aliphatic heterocycles. The maximum Gasteiger partial charge on any atom is 0.331 e. The molecule has 2 atom stereocenters. The van der Waals surface area contributed by atoms with Gasteiger partial charge < -0.3 is 19.9 Å². The van der Waals surface area contributed by atoms with E-state index in [9.17, 15) is 14.7 Å². The van der Waals surface area contributed by atoms with Crippen LogP contribution in [-0.2, 0) is 9.53 Å². The summed E-state index contributed by atoms with van der Waals surface area (Å²) in [6, 6.07) is 11.5. The molecule has 26 heavy (non-hydrogen) atoms. The third-order valence-corrected chi connectivity index (χ3v) is 3.92. The maximum atomic E-state index is 12.6. The lowest BCUT2D eigenvalue weighted by Crippen LogP contribution is -2.46. The molecule has 7 heteroatoms. The summed E-state index contributed by atoms with van der Waals surface area (Å²) in [6.07, 6.45) is -1.63. The van der Waals surface area contributed by atoms with Gasteiger partial charge in [-0.2, -0.15) is 0 Å². The standard InChI is InChI=1S/C19H20ClNO5/c1-3-26-19(24)16(21-14-8-6-13(20)7-9-14)18(23)17(22)12-4-10-15(25-2)11-5-12/h4-11,16,18,21,23H,3H2,1-2H3. The van der Waals surface area contributed by atoms with Crippen molar-refractivity contribution in [3.63, 3.8) is 0 Å². The first kappa shape index (κ1) is 19.8. The number of hydrogen-bond acceptors (Lipinski definition) is 6. The van der Waals surface area contributed by atoms with Crippen molar-refractivity contribution in [1.82, 2.24) is 0 Å². The Hall–Kier alpha value is -2.57. The monoisotopic (exact) mass is 377 g/mol. The Morgan fingerprint density at radius 2 is 1.73 bits per heavy atom. The van der Waals surface area contributed by atoms with E-state index in [1.165, 1.54) is 19.2 Å². The summed E-state index contributed by atoms with van der Waals surface area (Å²) in [5.41, 5.74) is 0.777. The van der Waals surface area contributed by atoms with Gasteiger partial charge >= 0.3 is 5.97 Å². The zero-order valence-corrected chi connectivity index (χ0v) is 15.2. The van der Waals surface area contributed by atoms with Crippen molar-refractivity contribution in [1.29, 1.82) is 0 Å². The molecule has 2 unspecified atom stereocenters. The third kappa shape index (κ3) is 4.97. The summed E-state index contributed by atoms with van der Waals surface area (Å²) in [5, 5.41) is 13.9. The van der Waals surface area contributed by atoms with E-state index < -0.39 is 23.9 Å². The lowest BCUT2D eigenvalue weighted by Gasteiger charge is -2.22. The second-order valence-corrected chi connectivity index (χ2v) is 5.85. The van der Waals surface area contributed by atoms with Gasteiger partial charge in [0.15, 0.2) is 11.8 Å². The van der Waals surface area contributed by atoms with Gasteiger partial charge in [-0.05, 0) is 55.5 Å². The van der Waals surface area contributed by atoms with Crippen molar-refractivity contribution < 1.29 is 24.2 Å². The van der Waals surface area contributed by atoms with Gasteiger partial charge in [0.1, 0.15) is 11.9 Å². The second-order valence-electron chi connectivity index (χ2n) is 5.42. The number of carbonyl (C=O) groups excluding carboxylic acids is 2. The number of nitrogens with one attached hydrogen (secondary N) is 1. The number of carbonyl (C=O) groups is 2. The molecule has 138 valence electrons. The van der Waals surface area contributed by atoms with E-state index in [0.29, 0.717) is 16.5 Å². The molecule has 0 saturated carbocycles. The molecule has 0 radical (unpaired) electrons. The number of aliphatic hydroxyl groups is 1. The number of hydrogen-bond donors (Lipinski definition) is 2. The Morgan fingerprint density at radius 3 is 2.27 bits per heavy atom. The molecular weight excluding hydrogens is 358 g/mol. The lowest BCUT2D eigenvalue weighted by atomic mass is 10.00. The highest BCUT2D eigenvalue weighted by Crippen LogP contribution is 2.18. The average molecular weight is 378 g/mol. The molecule has 2 aromatic rings. The highest BCUT2D eigenvalue weighted by atomic mass is 35.5. The molecule has 0 spiro atoms. The van der Waals surface area contributed by atoms with Crippen molar-refractivity contribution >= 4 is 29.0 Å². The van der Waals surface area contributed by atoms with Crippen LogP contribution in [0.2, 0.25) is 5.02 Å². The molecular formula is C19H20ClNO5. The number of rotatable bonds is 8. The Balaban J connectivity index is 2.22. The number of benzene rings is 2. The van der Waals surface area contributed by atoms with Crippen LogP contribution in [0.3, 0.4) is 0 Å². The molecule has 0 heterocycles. The van der Waals surface area contributed by atoms with E-state index in [1.54, 1.807) is 43.3 Å². The van der Waals surface area contributed by atoms with Crippen LogP contribution in [0.15, 0.2) is 48.5 Å². The normalized spacial score (nSPS) is 12.8. The number of ketones is 1. The predicted octanol–water partition coefficient (Wildman–Crippen LogP) is 2.94. The molecule has 2 rings (SSSR count).